The molecule has 1 heterocycles. The summed E-state index contributed by atoms with van der Waals surface area (Å²) in [5.74, 6) is -1.02. The summed E-state index contributed by atoms with van der Waals surface area (Å²) in [5, 5.41) is 0. The van der Waals surface area contributed by atoms with E-state index in [-0.39, 0.29) is 13.2 Å². The summed E-state index contributed by atoms with van der Waals surface area (Å²) in [6, 6.07) is 0. The van der Waals surface area contributed by atoms with Crippen molar-refractivity contribution in [2.45, 2.75) is 26.4 Å². The second-order valence-corrected chi connectivity index (χ2v) is 7.74. The lowest BCUT2D eigenvalue weighted by Crippen LogP contribution is -2.55. The summed E-state index contributed by atoms with van der Waals surface area (Å²) in [6.45, 7) is 5.22. The van der Waals surface area contributed by atoms with Crippen molar-refractivity contribution in [3.8, 4) is 0 Å². The van der Waals surface area contributed by atoms with Crippen molar-refractivity contribution in [3.05, 3.63) is 0 Å². The van der Waals surface area contributed by atoms with Crippen LogP contribution in [0.3, 0.4) is 0 Å². The maximum atomic E-state index is 11.8. The van der Waals surface area contributed by atoms with E-state index in [4.69, 9.17) is 20.2 Å². The van der Waals surface area contributed by atoms with Crippen LogP contribution in [0.4, 0.5) is 0 Å². The first-order valence-electron chi connectivity index (χ1n) is 4.78. The number of ether oxygens (including phenoxy) is 2. The Kier molecular flexibility index (Phi) is 3.57. The average Bonchev–Trinajstić information content (AvgIpc) is 1.90. The third-order valence-corrected chi connectivity index (χ3v) is 3.26. The second-order valence-electron chi connectivity index (χ2n) is 4.96. The standard InChI is InChI=1S/C9H15ClO5S/c1-8(2,3)15-7(11)9(4-14-5-9)6-16(10,12)13/h4-6H2,1-3H3. The molecule has 0 unspecified atom stereocenters. The molecule has 0 atom stereocenters. The number of hydrogen-bond acceptors (Lipinski definition) is 5. The highest BCUT2D eigenvalue weighted by Crippen LogP contribution is 2.33. The number of carbonyl (C=O) groups excluding carboxylic acids is 1. The molecule has 0 aromatic carbocycles. The molecule has 1 rings (SSSR count). The third kappa shape index (κ3) is 3.61. The highest BCUT2D eigenvalue weighted by Gasteiger charge is 2.51. The molecule has 0 radical (unpaired) electrons. The molecule has 1 aliphatic heterocycles. The molecule has 0 amide bonds. The quantitative estimate of drug-likeness (QED) is 0.563. The second kappa shape index (κ2) is 4.16. The van der Waals surface area contributed by atoms with Gasteiger partial charge in [-0.1, -0.05) is 0 Å². The maximum Gasteiger partial charge on any atom is 0.318 e. The predicted molar refractivity (Wildman–Crippen MR) is 58.7 cm³/mol. The van der Waals surface area contributed by atoms with Crippen LogP contribution in [0.2, 0.25) is 0 Å². The number of halogens is 1. The lowest BCUT2D eigenvalue weighted by molar-refractivity contribution is -0.191. The van der Waals surface area contributed by atoms with Gasteiger partial charge < -0.3 is 9.47 Å². The normalized spacial score (nSPS) is 20.0. The topological polar surface area (TPSA) is 69.7 Å². The Hall–Kier alpha value is -0.330. The van der Waals surface area contributed by atoms with Gasteiger partial charge in [0.25, 0.3) is 0 Å². The van der Waals surface area contributed by atoms with E-state index in [0.29, 0.717) is 0 Å². The van der Waals surface area contributed by atoms with E-state index in [9.17, 15) is 13.2 Å². The molecule has 16 heavy (non-hydrogen) atoms. The highest BCUT2D eigenvalue weighted by atomic mass is 35.7. The van der Waals surface area contributed by atoms with Crippen LogP contribution in [0.25, 0.3) is 0 Å². The van der Waals surface area contributed by atoms with E-state index in [1.165, 1.54) is 0 Å². The van der Waals surface area contributed by atoms with Gasteiger partial charge in [0.05, 0.1) is 19.0 Å². The fourth-order valence-electron chi connectivity index (χ4n) is 1.32. The third-order valence-electron chi connectivity index (χ3n) is 2.04. The van der Waals surface area contributed by atoms with Crippen LogP contribution in [-0.4, -0.2) is 39.0 Å². The molecule has 5 nitrogen and oxygen atoms in total. The van der Waals surface area contributed by atoms with Gasteiger partial charge in [-0.15, -0.1) is 0 Å². The summed E-state index contributed by atoms with van der Waals surface area (Å²) in [7, 11) is 1.40. The molecule has 0 aromatic rings. The molecule has 0 saturated carbocycles. The molecule has 1 saturated heterocycles. The first kappa shape index (κ1) is 13.7. The van der Waals surface area contributed by atoms with Crippen LogP contribution < -0.4 is 0 Å². The first-order chi connectivity index (χ1) is 7.04. The molecule has 1 fully saturated rings. The van der Waals surface area contributed by atoms with Gasteiger partial charge >= 0.3 is 5.97 Å². The predicted octanol–water partition coefficient (Wildman–Crippen LogP) is 0.913. The van der Waals surface area contributed by atoms with Crippen molar-refractivity contribution < 1.29 is 22.7 Å². The Balaban J connectivity index is 2.78. The summed E-state index contributed by atoms with van der Waals surface area (Å²) in [4.78, 5) is 11.8. The lowest BCUT2D eigenvalue weighted by Gasteiger charge is -2.39. The summed E-state index contributed by atoms with van der Waals surface area (Å²) in [5.41, 5.74) is -1.79. The molecule has 0 bridgehead atoms. The fourth-order valence-corrected chi connectivity index (χ4v) is 2.90. The van der Waals surface area contributed by atoms with Gasteiger partial charge in [0.1, 0.15) is 11.0 Å². The van der Waals surface area contributed by atoms with Crippen LogP contribution in [0.1, 0.15) is 20.8 Å². The Morgan fingerprint density at radius 3 is 2.19 bits per heavy atom. The SMILES string of the molecule is CC(C)(C)OC(=O)C1(CS(=O)(=O)Cl)COC1. The van der Waals surface area contributed by atoms with E-state index in [1.54, 1.807) is 20.8 Å². The Morgan fingerprint density at radius 1 is 1.44 bits per heavy atom. The van der Waals surface area contributed by atoms with Crippen LogP contribution in [0.15, 0.2) is 0 Å². The van der Waals surface area contributed by atoms with Crippen LogP contribution >= 0.6 is 10.7 Å². The molecule has 0 spiro atoms. The van der Waals surface area contributed by atoms with Crippen molar-refractivity contribution in [1.29, 1.82) is 0 Å². The molecular weight excluding hydrogens is 256 g/mol. The molecule has 1 aliphatic rings. The minimum absolute atomic E-state index is 0.0356. The summed E-state index contributed by atoms with van der Waals surface area (Å²) >= 11 is 0. The Morgan fingerprint density at radius 2 is 1.94 bits per heavy atom. The molecule has 94 valence electrons. The van der Waals surface area contributed by atoms with Crippen molar-refractivity contribution in [2.24, 2.45) is 5.41 Å². The number of rotatable bonds is 3. The highest BCUT2D eigenvalue weighted by molar-refractivity contribution is 8.13. The zero-order chi connectivity index (χ0) is 12.6. The monoisotopic (exact) mass is 270 g/mol. The van der Waals surface area contributed by atoms with E-state index in [0.717, 1.165) is 0 Å². The largest absolute Gasteiger partial charge is 0.459 e. The van der Waals surface area contributed by atoms with Crippen molar-refractivity contribution in [2.75, 3.05) is 19.0 Å². The summed E-state index contributed by atoms with van der Waals surface area (Å²) in [6.07, 6.45) is 0. The van der Waals surface area contributed by atoms with E-state index in [2.05, 4.69) is 0 Å². The van der Waals surface area contributed by atoms with Gasteiger partial charge in [-0.25, -0.2) is 8.42 Å². The van der Waals surface area contributed by atoms with Crippen molar-refractivity contribution >= 4 is 25.7 Å². The van der Waals surface area contributed by atoms with Crippen molar-refractivity contribution in [3.63, 3.8) is 0 Å². The zero-order valence-corrected chi connectivity index (χ0v) is 11.0. The molecular formula is C9H15ClO5S. The van der Waals surface area contributed by atoms with Gasteiger partial charge in [-0.05, 0) is 20.8 Å². The van der Waals surface area contributed by atoms with Gasteiger partial charge in [0.15, 0.2) is 0 Å². The van der Waals surface area contributed by atoms with E-state index in [1.807, 2.05) is 0 Å². The number of carbonyl (C=O) groups is 1. The average molecular weight is 271 g/mol. The number of esters is 1. The van der Waals surface area contributed by atoms with Gasteiger partial charge in [0.2, 0.25) is 9.05 Å². The minimum atomic E-state index is -3.75. The smallest absolute Gasteiger partial charge is 0.318 e. The maximum absolute atomic E-state index is 11.8. The van der Waals surface area contributed by atoms with Crippen molar-refractivity contribution in [1.82, 2.24) is 0 Å². The van der Waals surface area contributed by atoms with Crippen LogP contribution in [0.5, 0.6) is 0 Å². The van der Waals surface area contributed by atoms with Crippen LogP contribution in [-0.2, 0) is 23.3 Å². The first-order valence-corrected chi connectivity index (χ1v) is 7.26. The molecule has 7 heteroatoms. The fraction of sp³-hybridized carbons (Fsp3) is 0.889. The van der Waals surface area contributed by atoms with Gasteiger partial charge in [-0.2, -0.15) is 0 Å². The lowest BCUT2D eigenvalue weighted by atomic mass is 9.88. The van der Waals surface area contributed by atoms with Crippen LogP contribution in [0, 0.1) is 5.41 Å². The van der Waals surface area contributed by atoms with Gasteiger partial charge in [0, 0.05) is 10.7 Å². The van der Waals surface area contributed by atoms with E-state index >= 15 is 0 Å². The minimum Gasteiger partial charge on any atom is -0.459 e. The zero-order valence-electron chi connectivity index (χ0n) is 9.45. The Labute approximate surface area is 99.5 Å². The number of hydrogen-bond donors (Lipinski definition) is 0. The molecule has 0 N–H and O–H groups in total. The summed E-state index contributed by atoms with van der Waals surface area (Å²) < 4.78 is 32.1. The molecule has 0 aliphatic carbocycles. The molecule has 0 aromatic heterocycles. The Bertz CT molecular complexity index is 377. The van der Waals surface area contributed by atoms with E-state index < -0.39 is 31.8 Å². The van der Waals surface area contributed by atoms with Gasteiger partial charge in [-0.3, -0.25) is 4.79 Å².